The summed E-state index contributed by atoms with van der Waals surface area (Å²) < 4.78 is 0. The molecule has 0 aromatic heterocycles. The highest BCUT2D eigenvalue weighted by Gasteiger charge is 2.31. The number of hydrogen-bond donors (Lipinski definition) is 2. The number of unbranched alkanes of at least 4 members (excludes halogenated alkanes) is 4. The van der Waals surface area contributed by atoms with Gasteiger partial charge in [-0.2, -0.15) is 0 Å². The fourth-order valence-corrected chi connectivity index (χ4v) is 3.46. The topological polar surface area (TPSA) is 74.6 Å². The van der Waals surface area contributed by atoms with Crippen molar-refractivity contribution in [3.63, 3.8) is 0 Å². The fourth-order valence-electron chi connectivity index (χ4n) is 3.46. The molecule has 4 nitrogen and oxygen atoms in total. The average Bonchev–Trinajstić information content (AvgIpc) is 2.50. The summed E-state index contributed by atoms with van der Waals surface area (Å²) in [4.78, 5) is 23.8. The Kier molecular flexibility index (Phi) is 10.8. The van der Waals surface area contributed by atoms with Crippen LogP contribution in [0.15, 0.2) is 11.1 Å². The van der Waals surface area contributed by atoms with Crippen molar-refractivity contribution in [1.82, 2.24) is 0 Å². The second-order valence-electron chi connectivity index (χ2n) is 9.16. The Morgan fingerprint density at radius 1 is 0.654 bits per heavy atom. The van der Waals surface area contributed by atoms with Gasteiger partial charge in [0.25, 0.3) is 0 Å². The Hall–Kier alpha value is -1.32. The summed E-state index contributed by atoms with van der Waals surface area (Å²) in [7, 11) is 0. The van der Waals surface area contributed by atoms with Gasteiger partial charge in [0.1, 0.15) is 0 Å². The van der Waals surface area contributed by atoms with Gasteiger partial charge in [0.2, 0.25) is 0 Å². The third-order valence-corrected chi connectivity index (χ3v) is 5.11. The van der Waals surface area contributed by atoms with Gasteiger partial charge >= 0.3 is 11.9 Å². The predicted octanol–water partition coefficient (Wildman–Crippen LogP) is 6.45. The van der Waals surface area contributed by atoms with Gasteiger partial charge in [-0.3, -0.25) is 0 Å². The maximum Gasteiger partial charge on any atom is 0.332 e. The number of carbonyl (C=O) groups is 2. The van der Waals surface area contributed by atoms with E-state index in [4.69, 9.17) is 0 Å². The van der Waals surface area contributed by atoms with Gasteiger partial charge in [-0.25, -0.2) is 9.59 Å². The van der Waals surface area contributed by atoms with Crippen LogP contribution < -0.4 is 0 Å². The van der Waals surface area contributed by atoms with Crippen LogP contribution in [0.3, 0.4) is 0 Å². The van der Waals surface area contributed by atoms with E-state index in [1.807, 2.05) is 27.7 Å². The molecule has 26 heavy (non-hydrogen) atoms. The minimum atomic E-state index is -1.09. The van der Waals surface area contributed by atoms with Gasteiger partial charge in [0, 0.05) is 11.1 Å². The molecule has 0 amide bonds. The molecule has 0 aromatic rings. The molecule has 0 heterocycles. The van der Waals surface area contributed by atoms with Gasteiger partial charge in [-0.15, -0.1) is 0 Å². The molecule has 0 radical (unpaired) electrons. The van der Waals surface area contributed by atoms with Gasteiger partial charge in [0.05, 0.1) is 0 Å². The van der Waals surface area contributed by atoms with Gasteiger partial charge in [-0.05, 0) is 36.5 Å². The molecule has 0 saturated carbocycles. The largest absolute Gasteiger partial charge is 0.478 e. The fraction of sp³-hybridized carbons (Fsp3) is 0.818. The van der Waals surface area contributed by atoms with Crippen LogP contribution in [0.5, 0.6) is 0 Å². The van der Waals surface area contributed by atoms with Crippen LogP contribution in [0.25, 0.3) is 0 Å². The molecule has 0 aliphatic carbocycles. The first-order chi connectivity index (χ1) is 12.0. The summed E-state index contributed by atoms with van der Waals surface area (Å²) in [6, 6.07) is 0. The molecule has 0 aliphatic rings. The third kappa shape index (κ3) is 9.98. The monoisotopic (exact) mass is 368 g/mol. The minimum Gasteiger partial charge on any atom is -0.478 e. The zero-order chi connectivity index (χ0) is 20.4. The molecular formula is C22H40O4. The Morgan fingerprint density at radius 2 is 0.962 bits per heavy atom. The lowest BCUT2D eigenvalue weighted by Gasteiger charge is -2.29. The normalized spacial score (nSPS) is 13.5. The number of carboxylic acids is 2. The van der Waals surface area contributed by atoms with Crippen molar-refractivity contribution in [1.29, 1.82) is 0 Å². The highest BCUT2D eigenvalue weighted by molar-refractivity contribution is 5.98. The van der Waals surface area contributed by atoms with Crippen molar-refractivity contribution in [2.24, 2.45) is 10.8 Å². The molecule has 0 bridgehead atoms. The minimum absolute atomic E-state index is 0.0857. The molecule has 0 aliphatic heterocycles. The molecule has 152 valence electrons. The summed E-state index contributed by atoms with van der Waals surface area (Å²) in [6.07, 6.45) is 8.97. The van der Waals surface area contributed by atoms with Crippen LogP contribution >= 0.6 is 0 Å². The summed E-state index contributed by atoms with van der Waals surface area (Å²) in [5, 5.41) is 19.4. The number of carboxylic acid groups (broad SMARTS) is 2. The van der Waals surface area contributed by atoms with Crippen molar-refractivity contribution < 1.29 is 19.8 Å². The van der Waals surface area contributed by atoms with Crippen molar-refractivity contribution >= 4 is 11.9 Å². The van der Waals surface area contributed by atoms with E-state index in [0.29, 0.717) is 12.8 Å². The maximum atomic E-state index is 11.9. The Morgan fingerprint density at radius 3 is 1.19 bits per heavy atom. The van der Waals surface area contributed by atoms with Crippen molar-refractivity contribution in [3.8, 4) is 0 Å². The first-order valence-corrected chi connectivity index (χ1v) is 10.1. The molecular weight excluding hydrogens is 328 g/mol. The quantitative estimate of drug-likeness (QED) is 0.273. The van der Waals surface area contributed by atoms with Crippen molar-refractivity contribution in [3.05, 3.63) is 11.1 Å². The SMILES string of the molecule is CCCCCC(C)(C)CC(C(=O)O)=C(CC(C)(C)CCCCC)C(=O)O. The van der Waals surface area contributed by atoms with E-state index in [1.165, 1.54) is 0 Å². The molecule has 0 unspecified atom stereocenters. The summed E-state index contributed by atoms with van der Waals surface area (Å²) in [6.45, 7) is 12.4. The zero-order valence-corrected chi connectivity index (χ0v) is 17.8. The highest BCUT2D eigenvalue weighted by Crippen LogP contribution is 2.37. The van der Waals surface area contributed by atoms with Crippen LogP contribution in [0.1, 0.15) is 106 Å². The van der Waals surface area contributed by atoms with E-state index in [0.717, 1.165) is 51.4 Å². The molecule has 4 heteroatoms. The average molecular weight is 369 g/mol. The van der Waals surface area contributed by atoms with Gasteiger partial charge in [-0.1, -0.05) is 80.1 Å². The Labute approximate surface area is 160 Å². The Balaban J connectivity index is 5.47. The molecule has 0 spiro atoms. The number of hydrogen-bond acceptors (Lipinski definition) is 2. The number of aliphatic carboxylic acids is 2. The van der Waals surface area contributed by atoms with Crippen LogP contribution in [0.4, 0.5) is 0 Å². The lowest BCUT2D eigenvalue weighted by atomic mass is 9.76. The first-order valence-electron chi connectivity index (χ1n) is 10.1. The van der Waals surface area contributed by atoms with Crippen LogP contribution in [0.2, 0.25) is 0 Å². The zero-order valence-electron chi connectivity index (χ0n) is 17.8. The Bertz CT molecular complexity index is 442. The second-order valence-corrected chi connectivity index (χ2v) is 9.16. The highest BCUT2D eigenvalue weighted by atomic mass is 16.4. The smallest absolute Gasteiger partial charge is 0.332 e. The van der Waals surface area contributed by atoms with Gasteiger partial charge in [0.15, 0.2) is 0 Å². The van der Waals surface area contributed by atoms with E-state index in [2.05, 4.69) is 13.8 Å². The third-order valence-electron chi connectivity index (χ3n) is 5.11. The van der Waals surface area contributed by atoms with E-state index < -0.39 is 11.9 Å². The number of rotatable bonds is 14. The van der Waals surface area contributed by atoms with Crippen LogP contribution in [0, 0.1) is 10.8 Å². The van der Waals surface area contributed by atoms with Crippen molar-refractivity contribution in [2.75, 3.05) is 0 Å². The summed E-state index contributed by atoms with van der Waals surface area (Å²) in [5.41, 5.74) is -0.253. The van der Waals surface area contributed by atoms with E-state index in [9.17, 15) is 19.8 Å². The molecule has 2 N–H and O–H groups in total. The lowest BCUT2D eigenvalue weighted by Crippen LogP contribution is -2.23. The maximum absolute atomic E-state index is 11.9. The van der Waals surface area contributed by atoms with Crippen molar-refractivity contribution in [2.45, 2.75) is 106 Å². The molecule has 0 saturated heterocycles. The first kappa shape index (κ1) is 24.7. The lowest BCUT2D eigenvalue weighted by molar-refractivity contribution is -0.136. The van der Waals surface area contributed by atoms with Crippen LogP contribution in [-0.2, 0) is 9.59 Å². The summed E-state index contributed by atoms with van der Waals surface area (Å²) >= 11 is 0. The van der Waals surface area contributed by atoms with Gasteiger partial charge < -0.3 is 10.2 Å². The molecule has 0 aromatic carbocycles. The van der Waals surface area contributed by atoms with E-state index in [1.54, 1.807) is 0 Å². The van der Waals surface area contributed by atoms with E-state index >= 15 is 0 Å². The second kappa shape index (κ2) is 11.4. The molecule has 0 fully saturated rings. The predicted molar refractivity (Wildman–Crippen MR) is 107 cm³/mol. The molecule has 0 atom stereocenters. The summed E-state index contributed by atoms with van der Waals surface area (Å²) in [5.74, 6) is -2.18. The van der Waals surface area contributed by atoms with Crippen LogP contribution in [-0.4, -0.2) is 22.2 Å². The molecule has 0 rings (SSSR count). The standard InChI is InChI=1S/C22H40O4/c1-7-9-11-13-21(3,4)15-17(19(23)24)18(20(25)26)16-22(5,6)14-12-10-8-2/h7-16H2,1-6H3,(H,23,24)(H,25,26). The van der Waals surface area contributed by atoms with E-state index in [-0.39, 0.29) is 22.0 Å².